The highest BCUT2D eigenvalue weighted by atomic mass is 16.5. The molecule has 3 rings (SSSR count). The number of aromatic nitrogens is 1. The van der Waals surface area contributed by atoms with Gasteiger partial charge >= 0.3 is 0 Å². The third-order valence-electron chi connectivity index (χ3n) is 4.73. The van der Waals surface area contributed by atoms with Crippen LogP contribution in [0.4, 0.5) is 0 Å². The molecule has 6 nitrogen and oxygen atoms in total. The molecule has 2 atom stereocenters. The van der Waals surface area contributed by atoms with E-state index >= 15 is 0 Å². The summed E-state index contributed by atoms with van der Waals surface area (Å²) in [4.78, 5) is 6.39. The molecule has 0 amide bonds. The smallest absolute Gasteiger partial charge is 0.141 e. The largest absolute Gasteiger partial charge is 0.489 e. The predicted molar refractivity (Wildman–Crippen MR) is 103 cm³/mol. The van der Waals surface area contributed by atoms with Gasteiger partial charge in [0, 0.05) is 19.3 Å². The molecule has 2 unspecified atom stereocenters. The molecule has 0 spiro atoms. The lowest BCUT2D eigenvalue weighted by Gasteiger charge is -2.23. The Morgan fingerprint density at radius 3 is 2.81 bits per heavy atom. The monoisotopic (exact) mass is 372 g/mol. The van der Waals surface area contributed by atoms with Crippen LogP contribution in [0.1, 0.15) is 31.0 Å². The number of aliphatic hydroxyl groups excluding tert-OH is 2. The molecule has 1 aliphatic heterocycles. The van der Waals surface area contributed by atoms with Crippen LogP contribution in [-0.4, -0.2) is 52.1 Å². The first-order valence-corrected chi connectivity index (χ1v) is 9.55. The fourth-order valence-corrected chi connectivity index (χ4v) is 3.22. The number of pyridine rings is 1. The maximum Gasteiger partial charge on any atom is 0.141 e. The Bertz CT molecular complexity index is 708. The molecular weight excluding hydrogens is 344 g/mol. The topological polar surface area (TPSA) is 75.1 Å². The molecule has 1 saturated heterocycles. The minimum Gasteiger partial charge on any atom is -0.489 e. The number of nitrogens with zero attached hydrogens (tertiary/aromatic N) is 2. The van der Waals surface area contributed by atoms with Gasteiger partial charge in [0.2, 0.25) is 0 Å². The number of aliphatic hydroxyl groups is 2. The van der Waals surface area contributed by atoms with E-state index in [2.05, 4.69) is 11.9 Å². The summed E-state index contributed by atoms with van der Waals surface area (Å²) in [6.07, 6.45) is 3.95. The minimum atomic E-state index is -0.680. The van der Waals surface area contributed by atoms with Gasteiger partial charge in [0.15, 0.2) is 0 Å². The number of likely N-dealkylation sites (tertiary alicyclic amines) is 1. The van der Waals surface area contributed by atoms with Gasteiger partial charge in [-0.3, -0.25) is 9.88 Å². The SMILES string of the molecule is CCCc1ncccc1OC1CCN(C(O)COc2ccc(CO)cc2)C1. The number of rotatable bonds is 9. The van der Waals surface area contributed by atoms with E-state index < -0.39 is 6.23 Å². The normalized spacial score (nSPS) is 18.4. The fraction of sp³-hybridized carbons (Fsp3) is 0.476. The van der Waals surface area contributed by atoms with Crippen LogP contribution in [0.3, 0.4) is 0 Å². The van der Waals surface area contributed by atoms with E-state index in [1.54, 1.807) is 18.3 Å². The number of ether oxygens (including phenoxy) is 2. The molecule has 1 aliphatic rings. The molecule has 0 saturated carbocycles. The summed E-state index contributed by atoms with van der Waals surface area (Å²) in [7, 11) is 0. The number of hydrogen-bond acceptors (Lipinski definition) is 6. The summed E-state index contributed by atoms with van der Waals surface area (Å²) in [5.74, 6) is 1.53. The summed E-state index contributed by atoms with van der Waals surface area (Å²) >= 11 is 0. The van der Waals surface area contributed by atoms with Gasteiger partial charge < -0.3 is 19.7 Å². The highest BCUT2D eigenvalue weighted by Gasteiger charge is 2.29. The Kier molecular flexibility index (Phi) is 7.04. The zero-order valence-corrected chi connectivity index (χ0v) is 15.8. The van der Waals surface area contributed by atoms with Gasteiger partial charge in [-0.25, -0.2) is 0 Å². The fourth-order valence-electron chi connectivity index (χ4n) is 3.22. The van der Waals surface area contributed by atoms with Gasteiger partial charge in [0.05, 0.1) is 12.3 Å². The Balaban J connectivity index is 1.48. The summed E-state index contributed by atoms with van der Waals surface area (Å²) in [5, 5.41) is 19.5. The van der Waals surface area contributed by atoms with Crippen LogP contribution in [0.2, 0.25) is 0 Å². The quantitative estimate of drug-likeness (QED) is 0.704. The van der Waals surface area contributed by atoms with Crippen LogP contribution in [0.5, 0.6) is 11.5 Å². The van der Waals surface area contributed by atoms with Gasteiger partial charge in [-0.15, -0.1) is 0 Å². The summed E-state index contributed by atoms with van der Waals surface area (Å²) in [6.45, 7) is 3.76. The average molecular weight is 372 g/mol. The van der Waals surface area contributed by atoms with Crippen molar-refractivity contribution in [1.82, 2.24) is 9.88 Å². The van der Waals surface area contributed by atoms with E-state index in [9.17, 15) is 5.11 Å². The lowest BCUT2D eigenvalue weighted by atomic mass is 10.2. The van der Waals surface area contributed by atoms with Crippen LogP contribution in [-0.2, 0) is 13.0 Å². The van der Waals surface area contributed by atoms with Crippen molar-refractivity contribution in [3.05, 3.63) is 53.9 Å². The Hall–Kier alpha value is -2.15. The molecule has 146 valence electrons. The maximum atomic E-state index is 10.4. The lowest BCUT2D eigenvalue weighted by Crippen LogP contribution is -2.38. The molecule has 0 bridgehead atoms. The highest BCUT2D eigenvalue weighted by molar-refractivity contribution is 5.28. The van der Waals surface area contributed by atoms with E-state index in [4.69, 9.17) is 14.6 Å². The van der Waals surface area contributed by atoms with Crippen LogP contribution >= 0.6 is 0 Å². The zero-order valence-electron chi connectivity index (χ0n) is 15.8. The molecule has 2 N–H and O–H groups in total. The van der Waals surface area contributed by atoms with Crippen molar-refractivity contribution in [3.63, 3.8) is 0 Å². The van der Waals surface area contributed by atoms with Crippen LogP contribution in [0, 0.1) is 0 Å². The number of benzene rings is 1. The Morgan fingerprint density at radius 2 is 2.07 bits per heavy atom. The molecule has 2 aromatic rings. The van der Waals surface area contributed by atoms with E-state index in [0.717, 1.165) is 42.8 Å². The van der Waals surface area contributed by atoms with Crippen LogP contribution in [0.15, 0.2) is 42.6 Å². The van der Waals surface area contributed by atoms with E-state index in [-0.39, 0.29) is 19.3 Å². The van der Waals surface area contributed by atoms with Gasteiger partial charge in [-0.1, -0.05) is 25.5 Å². The van der Waals surface area contributed by atoms with Crippen molar-refractivity contribution in [2.45, 2.75) is 45.1 Å². The molecular formula is C21H28N2O4. The van der Waals surface area contributed by atoms with Crippen molar-refractivity contribution in [2.24, 2.45) is 0 Å². The second-order valence-electron chi connectivity index (χ2n) is 6.82. The number of hydrogen-bond donors (Lipinski definition) is 2. The molecule has 0 aliphatic carbocycles. The second-order valence-corrected chi connectivity index (χ2v) is 6.82. The molecule has 1 fully saturated rings. The second kappa shape index (κ2) is 9.69. The van der Waals surface area contributed by atoms with Crippen LogP contribution in [0.25, 0.3) is 0 Å². The van der Waals surface area contributed by atoms with Crippen molar-refractivity contribution < 1.29 is 19.7 Å². The molecule has 0 radical (unpaired) electrons. The first-order valence-electron chi connectivity index (χ1n) is 9.55. The van der Waals surface area contributed by atoms with Crippen molar-refractivity contribution in [2.75, 3.05) is 19.7 Å². The zero-order chi connectivity index (χ0) is 19.1. The lowest BCUT2D eigenvalue weighted by molar-refractivity contribution is -0.0190. The van der Waals surface area contributed by atoms with Gasteiger partial charge in [0.25, 0.3) is 0 Å². The van der Waals surface area contributed by atoms with Crippen molar-refractivity contribution in [1.29, 1.82) is 0 Å². The first kappa shape index (κ1) is 19.6. The summed E-state index contributed by atoms with van der Waals surface area (Å²) < 4.78 is 11.8. The summed E-state index contributed by atoms with van der Waals surface area (Å²) in [6, 6.07) is 11.1. The van der Waals surface area contributed by atoms with Crippen molar-refractivity contribution >= 4 is 0 Å². The first-order chi connectivity index (χ1) is 13.2. The van der Waals surface area contributed by atoms with E-state index in [1.807, 2.05) is 29.2 Å². The van der Waals surface area contributed by atoms with Gasteiger partial charge in [0.1, 0.15) is 30.4 Å². The van der Waals surface area contributed by atoms with Crippen molar-refractivity contribution in [3.8, 4) is 11.5 Å². The summed E-state index contributed by atoms with van der Waals surface area (Å²) in [5.41, 5.74) is 1.83. The minimum absolute atomic E-state index is 0.00890. The molecule has 27 heavy (non-hydrogen) atoms. The molecule has 2 heterocycles. The average Bonchev–Trinajstić information content (AvgIpc) is 3.17. The maximum absolute atomic E-state index is 10.4. The third-order valence-corrected chi connectivity index (χ3v) is 4.73. The predicted octanol–water partition coefficient (Wildman–Crippen LogP) is 2.38. The Morgan fingerprint density at radius 1 is 1.26 bits per heavy atom. The molecule has 6 heteroatoms. The molecule has 1 aromatic heterocycles. The third kappa shape index (κ3) is 5.42. The molecule has 1 aromatic carbocycles. The standard InChI is InChI=1S/C21H28N2O4/c1-2-4-19-20(5-3-11-22-19)27-18-10-12-23(13-18)21(25)15-26-17-8-6-16(14-24)7-9-17/h3,5-9,11,18,21,24-25H,2,4,10,12-15H2,1H3. The highest BCUT2D eigenvalue weighted by Crippen LogP contribution is 2.23. The van der Waals surface area contributed by atoms with Crippen LogP contribution < -0.4 is 9.47 Å². The number of aryl methyl sites for hydroxylation is 1. The van der Waals surface area contributed by atoms with Gasteiger partial charge in [-0.05, 0) is 42.7 Å². The van der Waals surface area contributed by atoms with E-state index in [0.29, 0.717) is 12.3 Å². The Labute approximate surface area is 160 Å². The van der Waals surface area contributed by atoms with Gasteiger partial charge in [-0.2, -0.15) is 0 Å². The van der Waals surface area contributed by atoms with E-state index in [1.165, 1.54) is 0 Å².